The standard InChI is InChI=1S/C18H20F2N2O2.C14H12F2N2O2/c1-18(2,3)24-17(23)12-6-7-21-16-5-4-11(8-13(12)16)22-9-14(19)15(20)10-22;15-11-6-18(7-12(11)16)8-1-2-13-10(5-8)9(14(19)20)3-4-17-13/h4-8,14-15H,9-10H2,1-3H3;1-5,11-12H,6-7H2,(H,19,20)/t14-,15-;11-,12-/m11/s1. The van der Waals surface area contributed by atoms with Crippen LogP contribution in [-0.4, -0.2) is 83.5 Å². The maximum Gasteiger partial charge on any atom is 0.339 e. The van der Waals surface area contributed by atoms with Gasteiger partial charge in [-0.15, -0.1) is 0 Å². The lowest BCUT2D eigenvalue weighted by molar-refractivity contribution is 0.00715. The van der Waals surface area contributed by atoms with Gasteiger partial charge in [-0.3, -0.25) is 9.97 Å². The minimum Gasteiger partial charge on any atom is -0.478 e. The molecule has 12 heteroatoms. The number of carbonyl (C=O) groups is 2. The van der Waals surface area contributed by atoms with E-state index in [0.717, 1.165) is 0 Å². The number of ether oxygens (including phenoxy) is 1. The monoisotopic (exact) mass is 612 g/mol. The highest BCUT2D eigenvalue weighted by Gasteiger charge is 2.34. The number of nitrogens with zero attached hydrogens (tertiary/aromatic N) is 4. The van der Waals surface area contributed by atoms with Crippen LogP contribution in [0.2, 0.25) is 0 Å². The maximum absolute atomic E-state index is 13.5. The molecule has 4 heterocycles. The van der Waals surface area contributed by atoms with Crippen molar-refractivity contribution in [2.45, 2.75) is 51.1 Å². The van der Waals surface area contributed by atoms with Crippen LogP contribution >= 0.6 is 0 Å². The maximum atomic E-state index is 13.5. The predicted octanol–water partition coefficient (Wildman–Crippen LogP) is 6.12. The molecule has 2 fully saturated rings. The smallest absolute Gasteiger partial charge is 0.339 e. The number of benzene rings is 2. The second kappa shape index (κ2) is 12.3. The molecular formula is C32H32F4N4O4. The van der Waals surface area contributed by atoms with Crippen LogP contribution in [0.4, 0.5) is 28.9 Å². The number of carboxylic acids is 1. The van der Waals surface area contributed by atoms with E-state index >= 15 is 0 Å². The molecule has 2 aliphatic rings. The highest BCUT2D eigenvalue weighted by molar-refractivity contribution is 6.04. The third kappa shape index (κ3) is 6.68. The Kier molecular flexibility index (Phi) is 8.62. The van der Waals surface area contributed by atoms with Crippen molar-refractivity contribution in [1.82, 2.24) is 9.97 Å². The normalized spacial score (nSPS) is 21.8. The van der Waals surface area contributed by atoms with Gasteiger partial charge in [0, 0.05) is 34.5 Å². The Hall–Kier alpha value is -4.48. The molecule has 6 rings (SSSR count). The van der Waals surface area contributed by atoms with Gasteiger partial charge in [0.1, 0.15) is 5.60 Å². The van der Waals surface area contributed by atoms with Crippen LogP contribution in [0.25, 0.3) is 21.8 Å². The molecule has 8 nitrogen and oxygen atoms in total. The summed E-state index contributed by atoms with van der Waals surface area (Å²) in [6.07, 6.45) is -3.00. The molecule has 2 saturated heterocycles. The average Bonchev–Trinajstić information content (AvgIpc) is 3.50. The first-order chi connectivity index (χ1) is 20.8. The van der Waals surface area contributed by atoms with Crippen LogP contribution in [0.3, 0.4) is 0 Å². The van der Waals surface area contributed by atoms with Gasteiger partial charge in [0.2, 0.25) is 0 Å². The fourth-order valence-electron chi connectivity index (χ4n) is 5.23. The summed E-state index contributed by atoms with van der Waals surface area (Å²) in [5, 5.41) is 10.2. The number of aromatic nitrogens is 2. The lowest BCUT2D eigenvalue weighted by atomic mass is 10.1. The molecule has 232 valence electrons. The molecule has 0 saturated carbocycles. The Morgan fingerprint density at radius 1 is 0.727 bits per heavy atom. The van der Waals surface area contributed by atoms with Crippen molar-refractivity contribution in [3.63, 3.8) is 0 Å². The number of alkyl halides is 4. The van der Waals surface area contributed by atoms with Crippen molar-refractivity contribution >= 4 is 45.1 Å². The zero-order valence-electron chi connectivity index (χ0n) is 24.4. The van der Waals surface area contributed by atoms with Gasteiger partial charge in [0.25, 0.3) is 0 Å². The van der Waals surface area contributed by atoms with Crippen molar-refractivity contribution in [1.29, 1.82) is 0 Å². The van der Waals surface area contributed by atoms with Gasteiger partial charge in [-0.25, -0.2) is 27.2 Å². The van der Waals surface area contributed by atoms with Crippen molar-refractivity contribution in [3.05, 3.63) is 72.1 Å². The molecule has 4 aromatic rings. The Morgan fingerprint density at radius 3 is 1.55 bits per heavy atom. The number of pyridine rings is 2. The number of halogens is 4. The Balaban J connectivity index is 0.000000177. The number of aromatic carboxylic acids is 1. The summed E-state index contributed by atoms with van der Waals surface area (Å²) in [6, 6.07) is 13.2. The predicted molar refractivity (Wildman–Crippen MR) is 160 cm³/mol. The van der Waals surface area contributed by atoms with E-state index in [9.17, 15) is 27.2 Å². The Morgan fingerprint density at radius 2 is 1.14 bits per heavy atom. The van der Waals surface area contributed by atoms with E-state index in [2.05, 4.69) is 9.97 Å². The number of hydrogen-bond acceptors (Lipinski definition) is 7. The van der Waals surface area contributed by atoms with Gasteiger partial charge in [0.15, 0.2) is 24.7 Å². The van der Waals surface area contributed by atoms with E-state index < -0.39 is 42.2 Å². The topological polar surface area (TPSA) is 95.9 Å². The van der Waals surface area contributed by atoms with Crippen LogP contribution < -0.4 is 9.80 Å². The van der Waals surface area contributed by atoms with Crippen molar-refractivity contribution < 1.29 is 37.0 Å². The van der Waals surface area contributed by atoms with E-state index in [0.29, 0.717) is 38.7 Å². The van der Waals surface area contributed by atoms with Gasteiger partial charge in [-0.05, 0) is 69.3 Å². The lowest BCUT2D eigenvalue weighted by Gasteiger charge is -2.21. The number of anilines is 2. The number of esters is 1. The molecule has 44 heavy (non-hydrogen) atoms. The molecule has 2 aromatic carbocycles. The molecule has 0 unspecified atom stereocenters. The first-order valence-electron chi connectivity index (χ1n) is 14.1. The summed E-state index contributed by atoms with van der Waals surface area (Å²) in [4.78, 5) is 35.2. The molecule has 2 aromatic heterocycles. The molecular weight excluding hydrogens is 580 g/mol. The zero-order valence-corrected chi connectivity index (χ0v) is 24.4. The first kappa shape index (κ1) is 31.0. The molecule has 2 aliphatic heterocycles. The van der Waals surface area contributed by atoms with Gasteiger partial charge in [-0.1, -0.05) is 0 Å². The van der Waals surface area contributed by atoms with Gasteiger partial charge < -0.3 is 19.6 Å². The number of rotatable bonds is 4. The van der Waals surface area contributed by atoms with Crippen LogP contribution in [0.15, 0.2) is 60.9 Å². The minimum atomic E-state index is -1.50. The van der Waals surface area contributed by atoms with Crippen LogP contribution in [-0.2, 0) is 4.74 Å². The molecule has 0 spiro atoms. The van der Waals surface area contributed by atoms with Gasteiger partial charge in [0.05, 0.1) is 48.3 Å². The molecule has 0 amide bonds. The van der Waals surface area contributed by atoms with Gasteiger partial charge in [-0.2, -0.15) is 0 Å². The van der Waals surface area contributed by atoms with Crippen molar-refractivity contribution in [2.75, 3.05) is 36.0 Å². The molecule has 4 atom stereocenters. The second-order valence-electron chi connectivity index (χ2n) is 11.8. The lowest BCUT2D eigenvalue weighted by Crippen LogP contribution is -2.24. The van der Waals surface area contributed by atoms with Crippen LogP contribution in [0, 0.1) is 0 Å². The summed E-state index contributed by atoms with van der Waals surface area (Å²) in [5.41, 5.74) is 2.37. The van der Waals surface area contributed by atoms with E-state index in [1.54, 1.807) is 79.2 Å². The zero-order chi connectivity index (χ0) is 31.8. The van der Waals surface area contributed by atoms with Gasteiger partial charge >= 0.3 is 11.9 Å². The summed E-state index contributed by atoms with van der Waals surface area (Å²) < 4.78 is 58.8. The number of carbonyl (C=O) groups excluding carboxylic acids is 1. The summed E-state index contributed by atoms with van der Waals surface area (Å²) in [6.45, 7) is 5.38. The number of carboxylic acid groups (broad SMARTS) is 1. The summed E-state index contributed by atoms with van der Waals surface area (Å²) >= 11 is 0. The van der Waals surface area contributed by atoms with E-state index in [4.69, 9.17) is 9.84 Å². The molecule has 0 bridgehead atoms. The fourth-order valence-corrected chi connectivity index (χ4v) is 5.23. The number of fused-ring (bicyclic) bond motifs is 2. The molecule has 0 aliphatic carbocycles. The summed E-state index contributed by atoms with van der Waals surface area (Å²) in [7, 11) is 0. The Labute approximate surface area is 251 Å². The number of hydrogen-bond donors (Lipinski definition) is 1. The van der Waals surface area contributed by atoms with Crippen LogP contribution in [0.5, 0.6) is 0 Å². The first-order valence-corrected chi connectivity index (χ1v) is 14.1. The highest BCUT2D eigenvalue weighted by atomic mass is 19.2. The SMILES string of the molecule is CC(C)(C)OC(=O)c1ccnc2ccc(N3C[C@@H](F)[C@H](F)C3)cc12.O=C(O)c1ccnc2ccc(N3C[C@@H](F)[C@H](F)C3)cc12. The minimum absolute atomic E-state index is 0.00864. The summed E-state index contributed by atoms with van der Waals surface area (Å²) in [5.74, 6) is -1.50. The molecule has 0 radical (unpaired) electrons. The fraction of sp³-hybridized carbons (Fsp3) is 0.375. The highest BCUT2D eigenvalue weighted by Crippen LogP contribution is 2.30. The molecule has 1 N–H and O–H groups in total. The van der Waals surface area contributed by atoms with Crippen molar-refractivity contribution in [3.8, 4) is 0 Å². The van der Waals surface area contributed by atoms with E-state index in [-0.39, 0.29) is 31.7 Å². The second-order valence-corrected chi connectivity index (χ2v) is 11.8. The quantitative estimate of drug-likeness (QED) is 0.218. The average molecular weight is 613 g/mol. The van der Waals surface area contributed by atoms with E-state index in [1.165, 1.54) is 12.3 Å². The van der Waals surface area contributed by atoms with Crippen LogP contribution in [0.1, 0.15) is 41.5 Å². The van der Waals surface area contributed by atoms with Crippen molar-refractivity contribution in [2.24, 2.45) is 0 Å². The largest absolute Gasteiger partial charge is 0.478 e. The third-order valence-electron chi connectivity index (χ3n) is 7.39. The van der Waals surface area contributed by atoms with E-state index in [1.807, 2.05) is 0 Å². The Bertz CT molecular complexity index is 1680. The third-order valence-corrected chi connectivity index (χ3v) is 7.39.